The minimum Gasteiger partial charge on any atom is -0.279 e. The highest BCUT2D eigenvalue weighted by molar-refractivity contribution is 7.92. The molecule has 0 saturated heterocycles. The summed E-state index contributed by atoms with van der Waals surface area (Å²) in [6, 6.07) is 9.07. The lowest BCUT2D eigenvalue weighted by Gasteiger charge is -2.12. The molecule has 0 radical (unpaired) electrons. The van der Waals surface area contributed by atoms with E-state index in [4.69, 9.17) is 0 Å². The van der Waals surface area contributed by atoms with Gasteiger partial charge in [-0.1, -0.05) is 17.7 Å². The SMILES string of the molecule is Cc1ccc(NS(=O)(=O)c2ccc([N+](=O)[O-])cc2C)c(C)c1. The molecule has 116 valence electrons. The summed E-state index contributed by atoms with van der Waals surface area (Å²) in [6.07, 6.45) is 0. The molecule has 0 aliphatic rings. The lowest BCUT2D eigenvalue weighted by molar-refractivity contribution is -0.385. The molecule has 0 amide bonds. The summed E-state index contributed by atoms with van der Waals surface area (Å²) in [5, 5.41) is 10.7. The number of rotatable bonds is 4. The van der Waals surface area contributed by atoms with E-state index in [0.29, 0.717) is 11.3 Å². The molecule has 7 heteroatoms. The van der Waals surface area contributed by atoms with Gasteiger partial charge < -0.3 is 0 Å². The first-order valence-electron chi connectivity index (χ1n) is 6.56. The number of non-ortho nitro benzene ring substituents is 1. The van der Waals surface area contributed by atoms with E-state index < -0.39 is 14.9 Å². The molecule has 6 nitrogen and oxygen atoms in total. The maximum Gasteiger partial charge on any atom is 0.269 e. The molecular formula is C15H16N2O4S. The van der Waals surface area contributed by atoms with Crippen molar-refractivity contribution in [3.8, 4) is 0 Å². The zero-order valence-corrected chi connectivity index (χ0v) is 13.3. The maximum absolute atomic E-state index is 12.5. The van der Waals surface area contributed by atoms with Crippen molar-refractivity contribution in [1.82, 2.24) is 0 Å². The van der Waals surface area contributed by atoms with E-state index in [1.54, 1.807) is 6.07 Å². The summed E-state index contributed by atoms with van der Waals surface area (Å²) < 4.78 is 27.4. The van der Waals surface area contributed by atoms with Gasteiger partial charge in [0, 0.05) is 12.1 Å². The van der Waals surface area contributed by atoms with Gasteiger partial charge in [0.05, 0.1) is 15.5 Å². The molecule has 0 aromatic heterocycles. The number of hydrogen-bond donors (Lipinski definition) is 1. The third kappa shape index (κ3) is 3.25. The van der Waals surface area contributed by atoms with Crippen LogP contribution in [0.25, 0.3) is 0 Å². The average Bonchev–Trinajstić information content (AvgIpc) is 2.41. The molecule has 0 bridgehead atoms. The number of nitro benzene ring substituents is 1. The molecule has 0 fully saturated rings. The maximum atomic E-state index is 12.5. The third-order valence-electron chi connectivity index (χ3n) is 3.29. The van der Waals surface area contributed by atoms with Crippen molar-refractivity contribution in [2.75, 3.05) is 4.72 Å². The molecule has 0 heterocycles. The molecule has 0 spiro atoms. The van der Waals surface area contributed by atoms with E-state index >= 15 is 0 Å². The van der Waals surface area contributed by atoms with Gasteiger partial charge in [0.2, 0.25) is 0 Å². The largest absolute Gasteiger partial charge is 0.279 e. The second kappa shape index (κ2) is 5.76. The standard InChI is InChI=1S/C15H16N2O4S/c1-10-4-6-14(11(2)8-10)16-22(20,21)15-7-5-13(17(18)19)9-12(15)3/h4-9,16H,1-3H3. The van der Waals surface area contributed by atoms with Crippen LogP contribution in [-0.4, -0.2) is 13.3 Å². The third-order valence-corrected chi connectivity index (χ3v) is 4.81. The van der Waals surface area contributed by atoms with Crippen LogP contribution < -0.4 is 4.72 Å². The van der Waals surface area contributed by atoms with Crippen molar-refractivity contribution in [2.24, 2.45) is 0 Å². The number of anilines is 1. The van der Waals surface area contributed by atoms with E-state index in [1.165, 1.54) is 25.1 Å². The summed E-state index contributed by atoms with van der Waals surface area (Å²) in [5.74, 6) is 0. The quantitative estimate of drug-likeness (QED) is 0.691. The van der Waals surface area contributed by atoms with Crippen LogP contribution in [0.15, 0.2) is 41.3 Å². The molecular weight excluding hydrogens is 304 g/mol. The first-order chi connectivity index (χ1) is 10.2. The van der Waals surface area contributed by atoms with Crippen molar-refractivity contribution in [1.29, 1.82) is 0 Å². The van der Waals surface area contributed by atoms with Crippen molar-refractivity contribution >= 4 is 21.4 Å². The van der Waals surface area contributed by atoms with Crippen LogP contribution in [0.5, 0.6) is 0 Å². The Morgan fingerprint density at radius 3 is 2.23 bits per heavy atom. The Morgan fingerprint density at radius 2 is 1.68 bits per heavy atom. The molecule has 2 rings (SSSR count). The highest BCUT2D eigenvalue weighted by Gasteiger charge is 2.20. The highest BCUT2D eigenvalue weighted by atomic mass is 32.2. The number of sulfonamides is 1. The second-order valence-electron chi connectivity index (χ2n) is 5.13. The Morgan fingerprint density at radius 1 is 1.00 bits per heavy atom. The summed E-state index contributed by atoms with van der Waals surface area (Å²) in [5.41, 5.74) is 2.52. The van der Waals surface area contributed by atoms with E-state index in [2.05, 4.69) is 4.72 Å². The van der Waals surface area contributed by atoms with Gasteiger partial charge in [-0.2, -0.15) is 0 Å². The van der Waals surface area contributed by atoms with Crippen LogP contribution in [-0.2, 0) is 10.0 Å². The van der Waals surface area contributed by atoms with Gasteiger partial charge in [-0.05, 0) is 44.0 Å². The van der Waals surface area contributed by atoms with Gasteiger partial charge in [-0.25, -0.2) is 8.42 Å². The number of nitro groups is 1. The molecule has 2 aromatic carbocycles. The van der Waals surface area contributed by atoms with E-state index in [1.807, 2.05) is 26.0 Å². The molecule has 22 heavy (non-hydrogen) atoms. The zero-order valence-electron chi connectivity index (χ0n) is 12.5. The number of nitrogens with zero attached hydrogens (tertiary/aromatic N) is 1. The van der Waals surface area contributed by atoms with Crippen LogP contribution in [0.4, 0.5) is 11.4 Å². The topological polar surface area (TPSA) is 89.3 Å². The zero-order chi connectivity index (χ0) is 16.5. The molecule has 0 aliphatic carbocycles. The summed E-state index contributed by atoms with van der Waals surface area (Å²) >= 11 is 0. The van der Waals surface area contributed by atoms with Crippen LogP contribution in [0.3, 0.4) is 0 Å². The van der Waals surface area contributed by atoms with Gasteiger partial charge in [0.1, 0.15) is 0 Å². The van der Waals surface area contributed by atoms with Gasteiger partial charge in [-0.3, -0.25) is 14.8 Å². The Bertz CT molecular complexity index is 845. The summed E-state index contributed by atoms with van der Waals surface area (Å²) in [6.45, 7) is 5.27. The van der Waals surface area contributed by atoms with Gasteiger partial charge in [-0.15, -0.1) is 0 Å². The van der Waals surface area contributed by atoms with Gasteiger partial charge >= 0.3 is 0 Å². The molecule has 0 aliphatic heterocycles. The van der Waals surface area contributed by atoms with Crippen LogP contribution >= 0.6 is 0 Å². The smallest absolute Gasteiger partial charge is 0.269 e. The highest BCUT2D eigenvalue weighted by Crippen LogP contribution is 2.25. The van der Waals surface area contributed by atoms with E-state index in [-0.39, 0.29) is 10.6 Å². The summed E-state index contributed by atoms with van der Waals surface area (Å²) in [4.78, 5) is 10.2. The van der Waals surface area contributed by atoms with Gasteiger partial charge in [0.25, 0.3) is 15.7 Å². The van der Waals surface area contributed by atoms with Crippen molar-refractivity contribution < 1.29 is 13.3 Å². The molecule has 0 unspecified atom stereocenters. The van der Waals surface area contributed by atoms with E-state index in [0.717, 1.165) is 11.1 Å². The van der Waals surface area contributed by atoms with Crippen molar-refractivity contribution in [2.45, 2.75) is 25.7 Å². The fourth-order valence-electron chi connectivity index (χ4n) is 2.18. The number of nitrogens with one attached hydrogen (secondary N) is 1. The number of hydrogen-bond acceptors (Lipinski definition) is 4. The number of benzene rings is 2. The predicted octanol–water partition coefficient (Wildman–Crippen LogP) is 3.32. The first-order valence-corrected chi connectivity index (χ1v) is 8.04. The second-order valence-corrected chi connectivity index (χ2v) is 6.78. The van der Waals surface area contributed by atoms with E-state index in [9.17, 15) is 18.5 Å². The lowest BCUT2D eigenvalue weighted by Crippen LogP contribution is -2.15. The Hall–Kier alpha value is -2.41. The molecule has 2 aromatic rings. The Labute approximate surface area is 129 Å². The normalized spacial score (nSPS) is 11.2. The van der Waals surface area contributed by atoms with Crippen LogP contribution in [0.2, 0.25) is 0 Å². The minimum absolute atomic E-state index is 0.0260. The van der Waals surface area contributed by atoms with Crippen molar-refractivity contribution in [3.05, 3.63) is 63.2 Å². The van der Waals surface area contributed by atoms with Crippen LogP contribution in [0.1, 0.15) is 16.7 Å². The number of aryl methyl sites for hydroxylation is 3. The first kappa shape index (κ1) is 16.0. The van der Waals surface area contributed by atoms with Gasteiger partial charge in [0.15, 0.2) is 0 Å². The monoisotopic (exact) mass is 320 g/mol. The van der Waals surface area contributed by atoms with Crippen molar-refractivity contribution in [3.63, 3.8) is 0 Å². The molecule has 1 N–H and O–H groups in total. The molecule has 0 atom stereocenters. The lowest BCUT2D eigenvalue weighted by atomic mass is 10.1. The average molecular weight is 320 g/mol. The fraction of sp³-hybridized carbons (Fsp3) is 0.200. The molecule has 0 saturated carbocycles. The van der Waals surface area contributed by atoms with Crippen LogP contribution in [0, 0.1) is 30.9 Å². The Balaban J connectivity index is 2.40. The predicted molar refractivity (Wildman–Crippen MR) is 84.6 cm³/mol. The Kier molecular flexibility index (Phi) is 4.18. The fourth-order valence-corrected chi connectivity index (χ4v) is 3.54. The summed E-state index contributed by atoms with van der Waals surface area (Å²) in [7, 11) is -3.79. The minimum atomic E-state index is -3.79.